The van der Waals surface area contributed by atoms with E-state index in [1.54, 1.807) is 18.2 Å². The van der Waals surface area contributed by atoms with Crippen molar-refractivity contribution in [2.45, 2.75) is 10.1 Å². The molecule has 1 aromatic heterocycles. The standard InChI is InChI=1S/C8H4ClF2NOS2/c9-4-2-1-3-5-6(4)14-8(12-5)15(13)7(10)11/h1-3,7H. The molecule has 2 aromatic rings. The summed E-state index contributed by atoms with van der Waals surface area (Å²) < 4.78 is 35.9. The van der Waals surface area contributed by atoms with Crippen LogP contribution in [-0.4, -0.2) is 15.3 Å². The van der Waals surface area contributed by atoms with Crippen molar-refractivity contribution in [2.75, 3.05) is 0 Å². The Morgan fingerprint density at radius 1 is 1.47 bits per heavy atom. The van der Waals surface area contributed by atoms with Crippen LogP contribution in [0.15, 0.2) is 22.5 Å². The number of rotatable bonds is 2. The topological polar surface area (TPSA) is 36.0 Å². The van der Waals surface area contributed by atoms with E-state index in [1.165, 1.54) is 0 Å². The average Bonchev–Trinajstić information content (AvgIpc) is 2.61. The summed E-state index contributed by atoms with van der Waals surface area (Å²) in [7, 11) is 0. The highest BCUT2D eigenvalue weighted by molar-refractivity contribution is 7.93. The number of hydrogen-bond donors (Lipinski definition) is 0. The number of alkyl halides is 2. The van der Waals surface area contributed by atoms with Gasteiger partial charge >= 0.3 is 10.1 Å². The number of aromatic nitrogens is 1. The SMILES string of the molecule is [O-][S+](c1nc2cccc(Cl)c2s1)C(F)F. The summed E-state index contributed by atoms with van der Waals surface area (Å²) in [6, 6.07) is 4.94. The summed E-state index contributed by atoms with van der Waals surface area (Å²) in [5.74, 6) is -2.91. The summed E-state index contributed by atoms with van der Waals surface area (Å²) >= 11 is 4.42. The Kier molecular flexibility index (Phi) is 3.11. The van der Waals surface area contributed by atoms with E-state index in [9.17, 15) is 13.3 Å². The molecule has 0 aliphatic carbocycles. The molecule has 0 amide bonds. The first-order valence-corrected chi connectivity index (χ1v) is 6.24. The van der Waals surface area contributed by atoms with Crippen molar-refractivity contribution in [3.8, 4) is 0 Å². The molecule has 1 aromatic carbocycles. The van der Waals surface area contributed by atoms with Gasteiger partial charge in [0.2, 0.25) is 0 Å². The van der Waals surface area contributed by atoms with Crippen LogP contribution < -0.4 is 0 Å². The maximum absolute atomic E-state index is 12.2. The lowest BCUT2D eigenvalue weighted by atomic mass is 10.3. The predicted molar refractivity (Wildman–Crippen MR) is 57.0 cm³/mol. The molecule has 0 bridgehead atoms. The molecule has 1 atom stereocenters. The molecule has 0 saturated heterocycles. The third kappa shape index (κ3) is 2.08. The summed E-state index contributed by atoms with van der Waals surface area (Å²) in [6.45, 7) is 0. The highest BCUT2D eigenvalue weighted by Crippen LogP contribution is 2.32. The van der Waals surface area contributed by atoms with E-state index in [1.807, 2.05) is 0 Å². The zero-order valence-corrected chi connectivity index (χ0v) is 9.50. The molecule has 0 radical (unpaired) electrons. The van der Waals surface area contributed by atoms with E-state index in [4.69, 9.17) is 11.6 Å². The Bertz CT molecular complexity index is 490. The molecular weight excluding hydrogens is 264 g/mol. The van der Waals surface area contributed by atoms with Crippen molar-refractivity contribution < 1.29 is 13.3 Å². The van der Waals surface area contributed by atoms with Gasteiger partial charge in [0.05, 0.1) is 26.4 Å². The maximum atomic E-state index is 12.2. The van der Waals surface area contributed by atoms with Crippen LogP contribution in [0.5, 0.6) is 0 Å². The molecule has 2 rings (SSSR count). The van der Waals surface area contributed by atoms with Crippen LogP contribution in [0.3, 0.4) is 0 Å². The van der Waals surface area contributed by atoms with Gasteiger partial charge in [-0.3, -0.25) is 0 Å². The summed E-state index contributed by atoms with van der Waals surface area (Å²) in [6.07, 6.45) is 0. The fourth-order valence-corrected chi connectivity index (χ4v) is 3.18. The highest BCUT2D eigenvalue weighted by atomic mass is 35.5. The van der Waals surface area contributed by atoms with Gasteiger partial charge in [-0.25, -0.2) is 0 Å². The fourth-order valence-electron chi connectivity index (χ4n) is 1.06. The lowest BCUT2D eigenvalue weighted by Crippen LogP contribution is -2.10. The molecular formula is C8H4ClF2NOS2. The molecule has 2 nitrogen and oxygen atoms in total. The zero-order valence-electron chi connectivity index (χ0n) is 7.12. The van der Waals surface area contributed by atoms with Gasteiger partial charge < -0.3 is 4.55 Å². The first-order chi connectivity index (χ1) is 7.09. The lowest BCUT2D eigenvalue weighted by Gasteiger charge is -2.02. The van der Waals surface area contributed by atoms with E-state index < -0.39 is 16.9 Å². The first-order valence-electron chi connectivity index (χ1n) is 3.83. The van der Waals surface area contributed by atoms with E-state index in [0.717, 1.165) is 11.3 Å². The van der Waals surface area contributed by atoms with Crippen molar-refractivity contribution >= 4 is 44.3 Å². The lowest BCUT2D eigenvalue weighted by molar-refractivity contribution is 0.235. The highest BCUT2D eigenvalue weighted by Gasteiger charge is 2.27. The van der Waals surface area contributed by atoms with Gasteiger partial charge in [0.1, 0.15) is 0 Å². The van der Waals surface area contributed by atoms with Crippen LogP contribution in [0.2, 0.25) is 5.02 Å². The Balaban J connectivity index is 2.52. The van der Waals surface area contributed by atoms with E-state index in [2.05, 4.69) is 4.98 Å². The van der Waals surface area contributed by atoms with Crippen molar-refractivity contribution in [2.24, 2.45) is 0 Å². The molecule has 15 heavy (non-hydrogen) atoms. The number of halogens is 3. The molecule has 0 N–H and O–H groups in total. The third-order valence-corrected chi connectivity index (χ3v) is 4.51. The molecule has 7 heteroatoms. The van der Waals surface area contributed by atoms with Crippen molar-refractivity contribution in [1.82, 2.24) is 4.98 Å². The van der Waals surface area contributed by atoms with Crippen LogP contribution in [-0.2, 0) is 11.2 Å². The summed E-state index contributed by atoms with van der Waals surface area (Å²) in [5, 5.41) is 0.433. The monoisotopic (exact) mass is 267 g/mol. The van der Waals surface area contributed by atoms with Crippen LogP contribution in [0, 0.1) is 0 Å². The molecule has 80 valence electrons. The number of thiazole rings is 1. The minimum atomic E-state index is -2.91. The van der Waals surface area contributed by atoms with Crippen molar-refractivity contribution in [3.63, 3.8) is 0 Å². The van der Waals surface area contributed by atoms with Crippen LogP contribution in [0.1, 0.15) is 0 Å². The second-order valence-corrected chi connectivity index (χ2v) is 5.63. The van der Waals surface area contributed by atoms with Gasteiger partial charge in [0, 0.05) is 0 Å². The molecule has 0 aliphatic rings. The number of nitrogens with zero attached hydrogens (tertiary/aromatic N) is 1. The first kappa shape index (κ1) is 11.1. The number of benzene rings is 1. The number of fused-ring (bicyclic) bond motifs is 1. The second-order valence-electron chi connectivity index (χ2n) is 2.63. The quantitative estimate of drug-likeness (QED) is 0.783. The Morgan fingerprint density at radius 2 is 2.20 bits per heavy atom. The molecule has 0 saturated carbocycles. The molecule has 0 spiro atoms. The second kappa shape index (κ2) is 4.21. The zero-order chi connectivity index (χ0) is 11.0. The van der Waals surface area contributed by atoms with E-state index >= 15 is 0 Å². The Morgan fingerprint density at radius 3 is 2.80 bits per heavy atom. The normalized spacial score (nSPS) is 13.7. The van der Waals surface area contributed by atoms with Crippen molar-refractivity contribution in [1.29, 1.82) is 0 Å². The minimum Gasteiger partial charge on any atom is -0.605 e. The van der Waals surface area contributed by atoms with Gasteiger partial charge in [-0.2, -0.15) is 13.8 Å². The Labute approximate surface area is 96.1 Å². The Hall–Kier alpha value is -0.430. The number of hydrogen-bond acceptors (Lipinski definition) is 3. The molecule has 1 heterocycles. The molecule has 1 unspecified atom stereocenters. The predicted octanol–water partition coefficient (Wildman–Crippen LogP) is 3.28. The largest absolute Gasteiger partial charge is 0.605 e. The van der Waals surface area contributed by atoms with Gasteiger partial charge in [0.25, 0.3) is 0 Å². The average molecular weight is 268 g/mol. The summed E-state index contributed by atoms with van der Waals surface area (Å²) in [5.41, 5.74) is 0.497. The summed E-state index contributed by atoms with van der Waals surface area (Å²) in [4.78, 5) is 3.85. The smallest absolute Gasteiger partial charge is 0.404 e. The van der Waals surface area contributed by atoms with Crippen LogP contribution >= 0.6 is 22.9 Å². The van der Waals surface area contributed by atoms with Crippen molar-refractivity contribution in [3.05, 3.63) is 23.2 Å². The third-order valence-electron chi connectivity index (χ3n) is 1.68. The van der Waals surface area contributed by atoms with Gasteiger partial charge in [0.15, 0.2) is 0 Å². The van der Waals surface area contributed by atoms with E-state index in [-0.39, 0.29) is 4.34 Å². The van der Waals surface area contributed by atoms with Crippen LogP contribution in [0.4, 0.5) is 8.78 Å². The molecule has 0 fully saturated rings. The van der Waals surface area contributed by atoms with Gasteiger partial charge in [-0.05, 0) is 12.1 Å². The van der Waals surface area contributed by atoms with Gasteiger partial charge in [-0.15, -0.1) is 0 Å². The van der Waals surface area contributed by atoms with Gasteiger partial charge in [-0.1, -0.05) is 29.0 Å². The van der Waals surface area contributed by atoms with Crippen LogP contribution in [0.25, 0.3) is 10.2 Å². The van der Waals surface area contributed by atoms with E-state index in [0.29, 0.717) is 15.2 Å². The molecule has 0 aliphatic heterocycles. The maximum Gasteiger partial charge on any atom is 0.404 e. The fraction of sp³-hybridized carbons (Fsp3) is 0.125. The minimum absolute atomic E-state index is 0.0897.